The molecular weight excluding hydrogens is 246 g/mol. The third-order valence-electron chi connectivity index (χ3n) is 2.72. The second-order valence-corrected chi connectivity index (χ2v) is 3.93. The fraction of sp³-hybridized carbons (Fsp3) is 0. The number of benzene rings is 1. The van der Waals surface area contributed by atoms with Crippen LogP contribution in [0.15, 0.2) is 30.6 Å². The number of H-pyrrole nitrogens is 1. The summed E-state index contributed by atoms with van der Waals surface area (Å²) in [5.74, 6) is -0.0729. The van der Waals surface area contributed by atoms with Crippen LogP contribution in [0.25, 0.3) is 22.6 Å². The second-order valence-electron chi connectivity index (χ2n) is 3.93. The number of aromatic amines is 1. The number of carbonyl (C=O) groups is 1. The van der Waals surface area contributed by atoms with E-state index in [9.17, 15) is 4.79 Å². The highest BCUT2D eigenvalue weighted by Gasteiger charge is 2.10. The van der Waals surface area contributed by atoms with E-state index in [0.29, 0.717) is 22.8 Å². The first-order chi connectivity index (χ1) is 9.15. The maximum Gasteiger partial charge on any atom is 0.335 e. The molecular formula is C12H9N5O2. The number of carboxylic acid groups (broad SMARTS) is 1. The summed E-state index contributed by atoms with van der Waals surface area (Å²) in [4.78, 5) is 26.0. The molecule has 0 fully saturated rings. The van der Waals surface area contributed by atoms with Gasteiger partial charge in [-0.3, -0.25) is 0 Å². The number of aromatic nitrogens is 4. The average molecular weight is 255 g/mol. The molecule has 0 aliphatic carbocycles. The van der Waals surface area contributed by atoms with Crippen LogP contribution in [0, 0.1) is 0 Å². The monoisotopic (exact) mass is 255 g/mol. The summed E-state index contributed by atoms with van der Waals surface area (Å²) >= 11 is 0. The van der Waals surface area contributed by atoms with Gasteiger partial charge in [0.2, 0.25) is 0 Å². The van der Waals surface area contributed by atoms with Gasteiger partial charge in [0.05, 0.1) is 5.56 Å². The number of anilines is 1. The Morgan fingerprint density at radius 1 is 1.21 bits per heavy atom. The van der Waals surface area contributed by atoms with Crippen molar-refractivity contribution in [2.75, 3.05) is 5.73 Å². The van der Waals surface area contributed by atoms with Crippen molar-refractivity contribution in [1.29, 1.82) is 0 Å². The van der Waals surface area contributed by atoms with Gasteiger partial charge >= 0.3 is 5.97 Å². The van der Waals surface area contributed by atoms with E-state index in [4.69, 9.17) is 10.8 Å². The highest BCUT2D eigenvalue weighted by atomic mass is 16.4. The molecule has 0 saturated carbocycles. The molecule has 0 spiro atoms. The smallest absolute Gasteiger partial charge is 0.335 e. The predicted octanol–water partition coefficient (Wildman–Crippen LogP) is 1.30. The lowest BCUT2D eigenvalue weighted by Crippen LogP contribution is -1.95. The molecule has 0 amide bonds. The molecule has 3 aromatic rings. The molecule has 2 heterocycles. The number of nitrogens with zero attached hydrogens (tertiary/aromatic N) is 3. The fourth-order valence-corrected chi connectivity index (χ4v) is 1.75. The van der Waals surface area contributed by atoms with E-state index in [1.165, 1.54) is 18.5 Å². The van der Waals surface area contributed by atoms with Crippen LogP contribution >= 0.6 is 0 Å². The molecule has 4 N–H and O–H groups in total. The van der Waals surface area contributed by atoms with Crippen LogP contribution in [0.4, 0.5) is 5.82 Å². The van der Waals surface area contributed by atoms with Gasteiger partial charge in [0.1, 0.15) is 17.7 Å². The molecule has 1 aromatic carbocycles. The van der Waals surface area contributed by atoms with Crippen molar-refractivity contribution in [3.8, 4) is 11.4 Å². The predicted molar refractivity (Wildman–Crippen MR) is 68.5 cm³/mol. The summed E-state index contributed by atoms with van der Waals surface area (Å²) in [7, 11) is 0. The number of imidazole rings is 1. The van der Waals surface area contributed by atoms with Crippen LogP contribution in [0.2, 0.25) is 0 Å². The van der Waals surface area contributed by atoms with Gasteiger partial charge in [-0.05, 0) is 12.1 Å². The number of hydrogen-bond donors (Lipinski definition) is 3. The molecule has 7 nitrogen and oxygen atoms in total. The lowest BCUT2D eigenvalue weighted by molar-refractivity contribution is 0.0697. The quantitative estimate of drug-likeness (QED) is 0.635. The van der Waals surface area contributed by atoms with Crippen molar-refractivity contribution in [2.45, 2.75) is 0 Å². The first kappa shape index (κ1) is 11.1. The van der Waals surface area contributed by atoms with E-state index in [-0.39, 0.29) is 5.56 Å². The number of nitrogens with two attached hydrogens (primary N) is 1. The van der Waals surface area contributed by atoms with Crippen molar-refractivity contribution >= 4 is 23.0 Å². The van der Waals surface area contributed by atoms with Gasteiger partial charge in [-0.25, -0.2) is 19.7 Å². The summed E-state index contributed by atoms with van der Waals surface area (Å²) in [6, 6.07) is 6.37. The Morgan fingerprint density at radius 2 is 1.95 bits per heavy atom. The number of carboxylic acids is 1. The maximum atomic E-state index is 10.8. The van der Waals surface area contributed by atoms with Crippen LogP contribution in [0.1, 0.15) is 10.4 Å². The molecule has 0 unspecified atom stereocenters. The zero-order valence-corrected chi connectivity index (χ0v) is 9.66. The molecule has 0 saturated heterocycles. The van der Waals surface area contributed by atoms with Gasteiger partial charge < -0.3 is 15.8 Å². The van der Waals surface area contributed by atoms with E-state index in [0.717, 1.165) is 5.56 Å². The Labute approximate surface area is 107 Å². The number of nitrogens with one attached hydrogen (secondary N) is 1. The summed E-state index contributed by atoms with van der Waals surface area (Å²) in [6.45, 7) is 0. The topological polar surface area (TPSA) is 118 Å². The SMILES string of the molecule is Nc1ncnc2nc(-c3ccc(C(=O)O)cc3)[nH]c12. The minimum Gasteiger partial charge on any atom is -0.478 e. The highest BCUT2D eigenvalue weighted by Crippen LogP contribution is 2.21. The number of hydrogen-bond acceptors (Lipinski definition) is 5. The molecule has 3 rings (SSSR count). The Morgan fingerprint density at radius 3 is 2.58 bits per heavy atom. The largest absolute Gasteiger partial charge is 0.478 e. The average Bonchev–Trinajstić information content (AvgIpc) is 2.84. The molecule has 19 heavy (non-hydrogen) atoms. The van der Waals surface area contributed by atoms with Crippen LogP contribution in [-0.4, -0.2) is 31.0 Å². The van der Waals surface area contributed by atoms with Crippen LogP contribution in [-0.2, 0) is 0 Å². The first-order valence-corrected chi connectivity index (χ1v) is 5.45. The maximum absolute atomic E-state index is 10.8. The lowest BCUT2D eigenvalue weighted by atomic mass is 10.1. The highest BCUT2D eigenvalue weighted by molar-refractivity contribution is 5.88. The van der Waals surface area contributed by atoms with Gasteiger partial charge in [-0.15, -0.1) is 0 Å². The van der Waals surface area contributed by atoms with E-state index in [1.807, 2.05) is 0 Å². The molecule has 0 aliphatic heterocycles. The fourth-order valence-electron chi connectivity index (χ4n) is 1.75. The molecule has 0 radical (unpaired) electrons. The number of fused-ring (bicyclic) bond motifs is 1. The summed E-state index contributed by atoms with van der Waals surface area (Å²) in [5, 5.41) is 8.84. The van der Waals surface area contributed by atoms with Gasteiger partial charge in [-0.2, -0.15) is 0 Å². The summed E-state index contributed by atoms with van der Waals surface area (Å²) in [6.07, 6.45) is 1.34. The number of rotatable bonds is 2. The van der Waals surface area contributed by atoms with Crippen molar-refractivity contribution in [3.63, 3.8) is 0 Å². The molecule has 2 aromatic heterocycles. The van der Waals surface area contributed by atoms with Crippen LogP contribution < -0.4 is 5.73 Å². The van der Waals surface area contributed by atoms with Gasteiger partial charge in [0, 0.05) is 5.56 Å². The Bertz CT molecular complexity index is 763. The van der Waals surface area contributed by atoms with Crippen molar-refractivity contribution in [1.82, 2.24) is 19.9 Å². The van der Waals surface area contributed by atoms with Crippen LogP contribution in [0.5, 0.6) is 0 Å². The number of nitrogen functional groups attached to an aromatic ring is 1. The lowest BCUT2D eigenvalue weighted by Gasteiger charge is -1.97. The molecule has 0 bridgehead atoms. The Kier molecular flexibility index (Phi) is 2.38. The Hall–Kier alpha value is -2.96. The number of aromatic carboxylic acids is 1. The molecule has 0 aliphatic rings. The molecule has 7 heteroatoms. The molecule has 0 atom stereocenters. The van der Waals surface area contributed by atoms with Crippen molar-refractivity contribution < 1.29 is 9.90 Å². The normalized spacial score (nSPS) is 10.7. The van der Waals surface area contributed by atoms with E-state index >= 15 is 0 Å². The summed E-state index contributed by atoms with van der Waals surface area (Å²) in [5.41, 5.74) is 7.73. The van der Waals surface area contributed by atoms with Crippen molar-refractivity contribution in [3.05, 3.63) is 36.2 Å². The third kappa shape index (κ3) is 1.86. The van der Waals surface area contributed by atoms with Crippen LogP contribution in [0.3, 0.4) is 0 Å². The van der Waals surface area contributed by atoms with E-state index in [2.05, 4.69) is 19.9 Å². The van der Waals surface area contributed by atoms with E-state index in [1.54, 1.807) is 12.1 Å². The van der Waals surface area contributed by atoms with Gasteiger partial charge in [-0.1, -0.05) is 12.1 Å². The van der Waals surface area contributed by atoms with Crippen molar-refractivity contribution in [2.24, 2.45) is 0 Å². The minimum atomic E-state index is -0.966. The Balaban J connectivity index is 2.09. The zero-order chi connectivity index (χ0) is 13.4. The second kappa shape index (κ2) is 4.05. The van der Waals surface area contributed by atoms with Gasteiger partial charge in [0.15, 0.2) is 11.5 Å². The third-order valence-corrected chi connectivity index (χ3v) is 2.72. The molecule has 94 valence electrons. The summed E-state index contributed by atoms with van der Waals surface area (Å²) < 4.78 is 0. The zero-order valence-electron chi connectivity index (χ0n) is 9.66. The first-order valence-electron chi connectivity index (χ1n) is 5.45. The standard InChI is InChI=1S/C12H9N5O2/c13-9-8-11(15-5-14-9)17-10(16-8)6-1-3-7(4-2-6)12(18)19/h1-5H,(H,18,19)(H3,13,14,15,16,17). The minimum absolute atomic E-state index is 0.221. The van der Waals surface area contributed by atoms with Gasteiger partial charge in [0.25, 0.3) is 0 Å². The van der Waals surface area contributed by atoms with E-state index < -0.39 is 5.97 Å².